The van der Waals surface area contributed by atoms with Crippen molar-refractivity contribution in [3.05, 3.63) is 35.2 Å². The minimum atomic E-state index is -0.117. The Hall–Kier alpha value is -2.50. The van der Waals surface area contributed by atoms with Gasteiger partial charge >= 0.3 is 0 Å². The van der Waals surface area contributed by atoms with Crippen LogP contribution >= 0.6 is 0 Å². The van der Waals surface area contributed by atoms with Crippen molar-refractivity contribution in [2.75, 3.05) is 19.6 Å². The highest BCUT2D eigenvalue weighted by molar-refractivity contribution is 5.97. The molecule has 1 aliphatic rings. The average Bonchev–Trinajstić information content (AvgIpc) is 2.83. The molecule has 0 radical (unpaired) electrons. The first-order chi connectivity index (χ1) is 12.5. The summed E-state index contributed by atoms with van der Waals surface area (Å²) in [6.07, 6.45) is 4.63. The molecule has 2 amide bonds. The molecule has 1 aromatic carbocycles. The van der Waals surface area contributed by atoms with Gasteiger partial charge in [0.2, 0.25) is 5.91 Å². The number of aryl methyl sites for hydroxylation is 2. The van der Waals surface area contributed by atoms with E-state index < -0.39 is 0 Å². The van der Waals surface area contributed by atoms with Crippen molar-refractivity contribution in [1.82, 2.24) is 20.2 Å². The van der Waals surface area contributed by atoms with E-state index in [-0.39, 0.29) is 11.8 Å². The van der Waals surface area contributed by atoms with Gasteiger partial charge in [-0.15, -0.1) is 0 Å². The van der Waals surface area contributed by atoms with Gasteiger partial charge in [0.15, 0.2) is 0 Å². The van der Waals surface area contributed by atoms with E-state index in [2.05, 4.69) is 15.3 Å². The zero-order valence-corrected chi connectivity index (χ0v) is 15.5. The maximum atomic E-state index is 12.4. The molecule has 0 unspecified atom stereocenters. The Labute approximate surface area is 154 Å². The van der Waals surface area contributed by atoms with Crippen LogP contribution in [-0.4, -0.2) is 46.3 Å². The fourth-order valence-electron chi connectivity index (χ4n) is 3.22. The molecule has 6 nitrogen and oxygen atoms in total. The molecule has 1 aromatic heterocycles. The number of nitrogens with one attached hydrogen (secondary N) is 1. The van der Waals surface area contributed by atoms with Gasteiger partial charge in [-0.05, 0) is 51.3 Å². The summed E-state index contributed by atoms with van der Waals surface area (Å²) in [6, 6.07) is 5.39. The topological polar surface area (TPSA) is 75.2 Å². The molecule has 0 saturated carbocycles. The first-order valence-electron chi connectivity index (χ1n) is 9.35. The lowest BCUT2D eigenvalue weighted by Crippen LogP contribution is -2.34. The second-order valence-corrected chi connectivity index (χ2v) is 6.90. The molecule has 0 atom stereocenters. The highest BCUT2D eigenvalue weighted by atomic mass is 16.2. The molecule has 0 aliphatic carbocycles. The van der Waals surface area contributed by atoms with E-state index in [4.69, 9.17) is 0 Å². The highest BCUT2D eigenvalue weighted by Crippen LogP contribution is 2.15. The standard InChI is InChI=1S/C20H26N4O2/c1-14-15(2)23-18-13-16(8-9-17(18)22-14)20(26)21-10-6-12-24-11-5-3-4-7-19(24)25/h8-9,13H,3-7,10-12H2,1-2H3,(H,21,26). The Morgan fingerprint density at radius 2 is 1.88 bits per heavy atom. The summed E-state index contributed by atoms with van der Waals surface area (Å²) in [5, 5.41) is 2.93. The van der Waals surface area contributed by atoms with Gasteiger partial charge in [0.05, 0.1) is 22.4 Å². The van der Waals surface area contributed by atoms with Crippen molar-refractivity contribution in [3.63, 3.8) is 0 Å². The molecule has 0 bridgehead atoms. The van der Waals surface area contributed by atoms with Crippen LogP contribution in [0.2, 0.25) is 0 Å². The van der Waals surface area contributed by atoms with Crippen LogP contribution < -0.4 is 5.32 Å². The Balaban J connectivity index is 1.54. The number of nitrogens with zero attached hydrogens (tertiary/aromatic N) is 3. The molecule has 6 heteroatoms. The summed E-state index contributed by atoms with van der Waals surface area (Å²) in [6.45, 7) is 5.95. The number of likely N-dealkylation sites (tertiary alicyclic amines) is 1. The molecule has 138 valence electrons. The molecular weight excluding hydrogens is 328 g/mol. The van der Waals surface area contributed by atoms with Crippen molar-refractivity contribution >= 4 is 22.8 Å². The first kappa shape index (κ1) is 18.3. The Morgan fingerprint density at radius 1 is 1.12 bits per heavy atom. The predicted octanol–water partition coefficient (Wildman–Crippen LogP) is 2.77. The van der Waals surface area contributed by atoms with Crippen LogP contribution in [0.4, 0.5) is 0 Å². The van der Waals surface area contributed by atoms with Crippen LogP contribution in [0.3, 0.4) is 0 Å². The van der Waals surface area contributed by atoms with E-state index in [1.54, 1.807) is 12.1 Å². The van der Waals surface area contributed by atoms with Gasteiger partial charge < -0.3 is 10.2 Å². The highest BCUT2D eigenvalue weighted by Gasteiger charge is 2.16. The molecular formula is C20H26N4O2. The zero-order valence-electron chi connectivity index (χ0n) is 15.5. The maximum absolute atomic E-state index is 12.4. The predicted molar refractivity (Wildman–Crippen MR) is 101 cm³/mol. The van der Waals surface area contributed by atoms with Gasteiger partial charge in [0.25, 0.3) is 5.91 Å². The van der Waals surface area contributed by atoms with Gasteiger partial charge in [0, 0.05) is 31.6 Å². The molecule has 2 aromatic rings. The van der Waals surface area contributed by atoms with Gasteiger partial charge in [-0.2, -0.15) is 0 Å². The number of rotatable bonds is 5. The number of benzene rings is 1. The third-order valence-electron chi connectivity index (χ3n) is 4.90. The van der Waals surface area contributed by atoms with Crippen LogP contribution in [0.5, 0.6) is 0 Å². The monoisotopic (exact) mass is 354 g/mol. The minimum Gasteiger partial charge on any atom is -0.352 e. The number of aromatic nitrogens is 2. The third-order valence-corrected chi connectivity index (χ3v) is 4.90. The summed E-state index contributed by atoms with van der Waals surface area (Å²) in [5.74, 6) is 0.127. The zero-order chi connectivity index (χ0) is 18.5. The number of carbonyl (C=O) groups is 2. The smallest absolute Gasteiger partial charge is 0.251 e. The van der Waals surface area contributed by atoms with Crippen LogP contribution in [0.15, 0.2) is 18.2 Å². The van der Waals surface area contributed by atoms with Gasteiger partial charge in [-0.1, -0.05) is 6.42 Å². The lowest BCUT2D eigenvalue weighted by atomic mass is 10.1. The van der Waals surface area contributed by atoms with Crippen LogP contribution in [0.1, 0.15) is 53.8 Å². The largest absolute Gasteiger partial charge is 0.352 e. The van der Waals surface area contributed by atoms with Crippen molar-refractivity contribution in [1.29, 1.82) is 0 Å². The molecule has 2 heterocycles. The lowest BCUT2D eigenvalue weighted by Gasteiger charge is -2.20. The van der Waals surface area contributed by atoms with Crippen molar-refractivity contribution in [2.24, 2.45) is 0 Å². The van der Waals surface area contributed by atoms with E-state index in [1.165, 1.54) is 0 Å². The lowest BCUT2D eigenvalue weighted by molar-refractivity contribution is -0.130. The van der Waals surface area contributed by atoms with Crippen LogP contribution in [0, 0.1) is 13.8 Å². The number of hydrogen-bond donors (Lipinski definition) is 1. The Morgan fingerprint density at radius 3 is 2.69 bits per heavy atom. The summed E-state index contributed by atoms with van der Waals surface area (Å²) in [7, 11) is 0. The number of amides is 2. The molecule has 1 saturated heterocycles. The Bertz CT molecular complexity index is 819. The second-order valence-electron chi connectivity index (χ2n) is 6.90. The first-order valence-corrected chi connectivity index (χ1v) is 9.35. The van der Waals surface area contributed by atoms with Crippen LogP contribution in [-0.2, 0) is 4.79 Å². The van der Waals surface area contributed by atoms with Crippen molar-refractivity contribution in [2.45, 2.75) is 46.0 Å². The average molecular weight is 354 g/mol. The summed E-state index contributed by atoms with van der Waals surface area (Å²) >= 11 is 0. The summed E-state index contributed by atoms with van der Waals surface area (Å²) in [5.41, 5.74) is 3.89. The number of fused-ring (bicyclic) bond motifs is 1. The van der Waals surface area contributed by atoms with Crippen molar-refractivity contribution < 1.29 is 9.59 Å². The second kappa shape index (κ2) is 8.25. The minimum absolute atomic E-state index is 0.117. The van der Waals surface area contributed by atoms with E-state index in [0.29, 0.717) is 25.1 Å². The van der Waals surface area contributed by atoms with Gasteiger partial charge in [0.1, 0.15) is 0 Å². The van der Waals surface area contributed by atoms with E-state index in [1.807, 2.05) is 24.8 Å². The van der Waals surface area contributed by atoms with Gasteiger partial charge in [-0.3, -0.25) is 9.59 Å². The maximum Gasteiger partial charge on any atom is 0.251 e. The SMILES string of the molecule is Cc1nc2ccc(C(=O)NCCCN3CCCCCC3=O)cc2nc1C. The molecule has 1 N–H and O–H groups in total. The molecule has 3 rings (SSSR count). The molecule has 0 spiro atoms. The van der Waals surface area contributed by atoms with E-state index >= 15 is 0 Å². The molecule has 1 fully saturated rings. The fourth-order valence-corrected chi connectivity index (χ4v) is 3.22. The third kappa shape index (κ3) is 4.36. The normalized spacial score (nSPS) is 15.2. The van der Waals surface area contributed by atoms with E-state index in [9.17, 15) is 9.59 Å². The van der Waals surface area contributed by atoms with Crippen LogP contribution in [0.25, 0.3) is 11.0 Å². The van der Waals surface area contributed by atoms with Gasteiger partial charge in [-0.25, -0.2) is 9.97 Å². The summed E-state index contributed by atoms with van der Waals surface area (Å²) in [4.78, 5) is 35.3. The quantitative estimate of drug-likeness (QED) is 0.838. The number of hydrogen-bond acceptors (Lipinski definition) is 4. The number of carbonyl (C=O) groups excluding carboxylic acids is 2. The molecule has 26 heavy (non-hydrogen) atoms. The summed E-state index contributed by atoms with van der Waals surface area (Å²) < 4.78 is 0. The Kier molecular flexibility index (Phi) is 5.81. The van der Waals surface area contributed by atoms with Crippen molar-refractivity contribution in [3.8, 4) is 0 Å². The van der Waals surface area contributed by atoms with E-state index in [0.717, 1.165) is 54.6 Å². The fraction of sp³-hybridized carbons (Fsp3) is 0.500. The molecule has 1 aliphatic heterocycles.